The van der Waals surface area contributed by atoms with E-state index in [-0.39, 0.29) is 17.2 Å². The molecule has 6 nitrogen and oxygen atoms in total. The van der Waals surface area contributed by atoms with E-state index in [4.69, 9.17) is 0 Å². The summed E-state index contributed by atoms with van der Waals surface area (Å²) < 4.78 is 1.21. The predicted molar refractivity (Wildman–Crippen MR) is 107 cm³/mol. The molecular weight excluding hydrogens is 340 g/mol. The molecule has 0 unspecified atom stereocenters. The first-order chi connectivity index (χ1) is 13.0. The van der Waals surface area contributed by atoms with Crippen molar-refractivity contribution in [3.63, 3.8) is 0 Å². The van der Waals surface area contributed by atoms with E-state index in [9.17, 15) is 9.59 Å². The van der Waals surface area contributed by atoms with Gasteiger partial charge in [-0.3, -0.25) is 9.59 Å². The van der Waals surface area contributed by atoms with Crippen molar-refractivity contribution < 1.29 is 4.79 Å². The highest BCUT2D eigenvalue weighted by atomic mass is 16.2. The number of amides is 1. The fourth-order valence-corrected chi connectivity index (χ4v) is 2.99. The maximum absolute atomic E-state index is 12.7. The first-order valence-electron chi connectivity index (χ1n) is 9.00. The van der Waals surface area contributed by atoms with E-state index < -0.39 is 0 Å². The molecule has 27 heavy (non-hydrogen) atoms. The third-order valence-electron chi connectivity index (χ3n) is 4.61. The number of aryl methyl sites for hydroxylation is 1. The molecule has 0 atom stereocenters. The molecule has 0 saturated heterocycles. The molecule has 1 amide bonds. The smallest absolute Gasteiger partial charge is 0.274 e. The van der Waals surface area contributed by atoms with Gasteiger partial charge in [-0.15, -0.1) is 0 Å². The Labute approximate surface area is 158 Å². The summed E-state index contributed by atoms with van der Waals surface area (Å²) in [5, 5.41) is 8.14. The number of rotatable bonds is 6. The molecule has 0 spiro atoms. The number of carbonyl (C=O) groups is 1. The zero-order chi connectivity index (χ0) is 19.4. The molecule has 0 aliphatic heterocycles. The fourth-order valence-electron chi connectivity index (χ4n) is 2.99. The van der Waals surface area contributed by atoms with Gasteiger partial charge in [0.25, 0.3) is 11.5 Å². The van der Waals surface area contributed by atoms with Crippen LogP contribution in [0, 0.1) is 0 Å². The van der Waals surface area contributed by atoms with Crippen molar-refractivity contribution in [1.29, 1.82) is 0 Å². The zero-order valence-corrected chi connectivity index (χ0v) is 15.9. The molecule has 0 radical (unpaired) electrons. The van der Waals surface area contributed by atoms with Gasteiger partial charge >= 0.3 is 0 Å². The minimum absolute atomic E-state index is 0.213. The normalized spacial score (nSPS) is 11.1. The summed E-state index contributed by atoms with van der Waals surface area (Å²) >= 11 is 0. The van der Waals surface area contributed by atoms with Crippen LogP contribution in [0.3, 0.4) is 0 Å². The maximum atomic E-state index is 12.7. The van der Waals surface area contributed by atoms with Crippen LogP contribution in [0.15, 0.2) is 53.3 Å². The Morgan fingerprint density at radius 2 is 1.81 bits per heavy atom. The van der Waals surface area contributed by atoms with Crippen molar-refractivity contribution in [3.8, 4) is 0 Å². The average Bonchev–Trinajstić information content (AvgIpc) is 2.69. The lowest BCUT2D eigenvalue weighted by atomic mass is 10.1. The highest BCUT2D eigenvalue weighted by molar-refractivity contribution is 6.04. The maximum Gasteiger partial charge on any atom is 0.274 e. The van der Waals surface area contributed by atoms with Crippen molar-refractivity contribution in [2.75, 3.05) is 13.6 Å². The van der Waals surface area contributed by atoms with Crippen LogP contribution in [0.1, 0.15) is 28.5 Å². The summed E-state index contributed by atoms with van der Waals surface area (Å²) in [5.74, 6) is -0.294. The van der Waals surface area contributed by atoms with Gasteiger partial charge in [0.1, 0.15) is 0 Å². The Morgan fingerprint density at radius 1 is 1.11 bits per heavy atom. The third kappa shape index (κ3) is 4.23. The van der Waals surface area contributed by atoms with E-state index in [0.717, 1.165) is 18.7 Å². The molecule has 3 aromatic rings. The standard InChI is InChI=1S/C21H24N4O2/c1-4-24(2)14-16-9-7-8-15(12-16)13-22-20(26)19-17-10-5-6-11-18(17)21(27)25(3)23-19/h5-12H,4,13-14H2,1-3H3,(H,22,26). The molecule has 0 aliphatic carbocycles. The van der Waals surface area contributed by atoms with E-state index in [0.29, 0.717) is 17.3 Å². The number of fused-ring (bicyclic) bond motifs is 1. The topological polar surface area (TPSA) is 67.2 Å². The first-order valence-corrected chi connectivity index (χ1v) is 9.00. The molecule has 0 bridgehead atoms. The average molecular weight is 364 g/mol. The summed E-state index contributed by atoms with van der Waals surface area (Å²) in [5.41, 5.74) is 2.28. The van der Waals surface area contributed by atoms with Crippen LogP contribution >= 0.6 is 0 Å². The second kappa shape index (κ2) is 8.14. The SMILES string of the molecule is CCN(C)Cc1cccc(CNC(=O)c2nn(C)c(=O)c3ccccc23)c1. The van der Waals surface area contributed by atoms with E-state index >= 15 is 0 Å². The summed E-state index contributed by atoms with van der Waals surface area (Å²) in [4.78, 5) is 27.1. The van der Waals surface area contributed by atoms with Crippen LogP contribution in [0.25, 0.3) is 10.8 Å². The van der Waals surface area contributed by atoms with Crippen LogP contribution in [-0.2, 0) is 20.1 Å². The summed E-state index contributed by atoms with van der Waals surface area (Å²) in [7, 11) is 3.63. The summed E-state index contributed by atoms with van der Waals surface area (Å²) in [6.45, 7) is 4.37. The predicted octanol–water partition coefficient (Wildman–Crippen LogP) is 2.32. The Bertz CT molecular complexity index is 1030. The fraction of sp³-hybridized carbons (Fsp3) is 0.286. The summed E-state index contributed by atoms with van der Waals surface area (Å²) in [6.07, 6.45) is 0. The molecule has 140 valence electrons. The van der Waals surface area contributed by atoms with Gasteiger partial charge in [0.05, 0.1) is 5.39 Å². The quantitative estimate of drug-likeness (QED) is 0.729. The Balaban J connectivity index is 1.79. The Hall–Kier alpha value is -2.99. The van der Waals surface area contributed by atoms with Gasteiger partial charge in [-0.25, -0.2) is 4.68 Å². The van der Waals surface area contributed by atoms with Crippen molar-refractivity contribution >= 4 is 16.7 Å². The molecule has 0 fully saturated rings. The molecule has 2 aromatic carbocycles. The number of carbonyl (C=O) groups excluding carboxylic acids is 1. The molecule has 0 saturated carbocycles. The second-order valence-electron chi connectivity index (χ2n) is 6.66. The van der Waals surface area contributed by atoms with Crippen LogP contribution in [0.2, 0.25) is 0 Å². The molecule has 1 N–H and O–H groups in total. The third-order valence-corrected chi connectivity index (χ3v) is 4.61. The first kappa shape index (κ1) is 18.8. The van der Waals surface area contributed by atoms with Gasteiger partial charge in [0.2, 0.25) is 0 Å². The number of nitrogens with one attached hydrogen (secondary N) is 1. The highest BCUT2D eigenvalue weighted by Crippen LogP contribution is 2.13. The van der Waals surface area contributed by atoms with Crippen molar-refractivity contribution in [2.24, 2.45) is 7.05 Å². The van der Waals surface area contributed by atoms with Crippen molar-refractivity contribution in [1.82, 2.24) is 20.0 Å². The van der Waals surface area contributed by atoms with Gasteiger partial charge in [0, 0.05) is 25.5 Å². The van der Waals surface area contributed by atoms with Crippen LogP contribution in [-0.4, -0.2) is 34.2 Å². The van der Waals surface area contributed by atoms with Crippen LogP contribution in [0.5, 0.6) is 0 Å². The number of aromatic nitrogens is 2. The van der Waals surface area contributed by atoms with Gasteiger partial charge in [0.15, 0.2) is 5.69 Å². The molecule has 0 aliphatic rings. The van der Waals surface area contributed by atoms with Crippen LogP contribution < -0.4 is 10.9 Å². The minimum atomic E-state index is -0.294. The van der Waals surface area contributed by atoms with Gasteiger partial charge in [-0.1, -0.05) is 49.4 Å². The number of nitrogens with zero attached hydrogens (tertiary/aromatic N) is 3. The lowest BCUT2D eigenvalue weighted by molar-refractivity contribution is 0.0945. The van der Waals surface area contributed by atoms with E-state index in [1.54, 1.807) is 31.3 Å². The van der Waals surface area contributed by atoms with E-state index in [1.165, 1.54) is 10.2 Å². The minimum Gasteiger partial charge on any atom is -0.347 e. The van der Waals surface area contributed by atoms with Crippen molar-refractivity contribution in [2.45, 2.75) is 20.0 Å². The van der Waals surface area contributed by atoms with Crippen molar-refractivity contribution in [3.05, 3.63) is 75.7 Å². The monoisotopic (exact) mass is 364 g/mol. The number of hydrogen-bond acceptors (Lipinski definition) is 4. The Kier molecular flexibility index (Phi) is 5.66. The lowest BCUT2D eigenvalue weighted by Crippen LogP contribution is -2.29. The summed E-state index contributed by atoms with van der Waals surface area (Å²) in [6, 6.07) is 15.2. The molecule has 1 heterocycles. The van der Waals surface area contributed by atoms with E-state index in [1.807, 2.05) is 12.1 Å². The Morgan fingerprint density at radius 3 is 2.56 bits per heavy atom. The molecule has 3 rings (SSSR count). The molecular formula is C21H24N4O2. The van der Waals surface area contributed by atoms with Crippen LogP contribution in [0.4, 0.5) is 0 Å². The largest absolute Gasteiger partial charge is 0.347 e. The zero-order valence-electron chi connectivity index (χ0n) is 15.9. The van der Waals surface area contributed by atoms with Gasteiger partial charge < -0.3 is 10.2 Å². The molecule has 6 heteroatoms. The highest BCUT2D eigenvalue weighted by Gasteiger charge is 2.15. The van der Waals surface area contributed by atoms with E-state index in [2.05, 4.69) is 41.4 Å². The molecule has 1 aromatic heterocycles. The lowest BCUT2D eigenvalue weighted by Gasteiger charge is -2.14. The number of hydrogen-bond donors (Lipinski definition) is 1. The van der Waals surface area contributed by atoms with Gasteiger partial charge in [-0.2, -0.15) is 5.10 Å². The number of benzene rings is 2. The second-order valence-corrected chi connectivity index (χ2v) is 6.66. The van der Waals surface area contributed by atoms with Gasteiger partial charge in [-0.05, 0) is 30.8 Å².